The van der Waals surface area contributed by atoms with Crippen molar-refractivity contribution in [3.8, 4) is 0 Å². The Morgan fingerprint density at radius 2 is 2.05 bits per heavy atom. The predicted octanol–water partition coefficient (Wildman–Crippen LogP) is 1.05. The van der Waals surface area contributed by atoms with E-state index in [9.17, 15) is 14.7 Å². The number of carbonyl (C=O) groups is 2. The molecule has 1 aromatic rings. The Kier molecular flexibility index (Phi) is 3.68. The van der Waals surface area contributed by atoms with Gasteiger partial charge in [0.1, 0.15) is 0 Å². The van der Waals surface area contributed by atoms with Gasteiger partial charge < -0.3 is 15.3 Å². The second-order valence-electron chi connectivity index (χ2n) is 5.93. The van der Waals surface area contributed by atoms with E-state index in [-0.39, 0.29) is 11.8 Å². The molecule has 2 heterocycles. The number of fused-ring (bicyclic) bond motifs is 1. The maximum Gasteiger partial charge on any atom is 0.331 e. The van der Waals surface area contributed by atoms with Gasteiger partial charge in [-0.3, -0.25) is 4.79 Å². The lowest BCUT2D eigenvalue weighted by atomic mass is 9.85. The van der Waals surface area contributed by atoms with Gasteiger partial charge in [0.2, 0.25) is 5.91 Å². The van der Waals surface area contributed by atoms with Crippen LogP contribution in [0.3, 0.4) is 0 Å². The molecule has 2 aliphatic rings. The normalized spacial score (nSPS) is 23.1. The molecule has 5 nitrogen and oxygen atoms in total. The van der Waals surface area contributed by atoms with Crippen LogP contribution in [0.1, 0.15) is 24.1 Å². The Balaban J connectivity index is 1.88. The number of amides is 1. The summed E-state index contributed by atoms with van der Waals surface area (Å²) in [6.07, 6.45) is 0.724. The molecule has 1 saturated heterocycles. The largest absolute Gasteiger partial charge is 0.479 e. The van der Waals surface area contributed by atoms with Gasteiger partial charge in [-0.1, -0.05) is 31.2 Å². The highest BCUT2D eigenvalue weighted by Crippen LogP contribution is 2.32. The number of nitrogens with one attached hydrogen (secondary N) is 1. The molecule has 2 N–H and O–H groups in total. The first-order valence-electron chi connectivity index (χ1n) is 7.41. The van der Waals surface area contributed by atoms with E-state index < -0.39 is 12.0 Å². The van der Waals surface area contributed by atoms with Gasteiger partial charge in [-0.15, -0.1) is 0 Å². The van der Waals surface area contributed by atoms with Crippen molar-refractivity contribution < 1.29 is 14.7 Å². The molecule has 0 aliphatic carbocycles. The number of aliphatic carboxylic acids is 1. The third-order valence-corrected chi connectivity index (χ3v) is 4.71. The number of carboxylic acids is 1. The molecule has 21 heavy (non-hydrogen) atoms. The number of benzene rings is 1. The number of hydrogen-bond acceptors (Lipinski definition) is 3. The summed E-state index contributed by atoms with van der Waals surface area (Å²) in [6, 6.07) is 6.67. The van der Waals surface area contributed by atoms with Crippen molar-refractivity contribution in [3.05, 3.63) is 35.4 Å². The van der Waals surface area contributed by atoms with Gasteiger partial charge in [-0.2, -0.15) is 0 Å². The van der Waals surface area contributed by atoms with Gasteiger partial charge in [0, 0.05) is 12.5 Å². The Labute approximate surface area is 123 Å². The first kappa shape index (κ1) is 14.1. The van der Waals surface area contributed by atoms with Gasteiger partial charge in [0.25, 0.3) is 0 Å². The van der Waals surface area contributed by atoms with E-state index in [0.717, 1.165) is 30.6 Å². The second-order valence-corrected chi connectivity index (χ2v) is 5.93. The zero-order valence-electron chi connectivity index (χ0n) is 12.1. The van der Waals surface area contributed by atoms with Crippen LogP contribution in [0.25, 0.3) is 0 Å². The minimum Gasteiger partial charge on any atom is -0.479 e. The SMILES string of the molecule is CC(C(=O)N1CCc2ccccc2C1C(=O)O)C1CNC1. The fourth-order valence-electron chi connectivity index (χ4n) is 3.20. The van der Waals surface area contributed by atoms with Crippen LogP contribution in [0.2, 0.25) is 0 Å². The Bertz CT molecular complexity index is 568. The summed E-state index contributed by atoms with van der Waals surface area (Å²) in [5, 5.41) is 12.8. The van der Waals surface area contributed by atoms with Crippen molar-refractivity contribution in [2.45, 2.75) is 19.4 Å². The molecule has 1 aromatic carbocycles. The molecule has 1 fully saturated rings. The molecule has 0 aromatic heterocycles. The number of hydrogen-bond donors (Lipinski definition) is 2. The molecule has 5 heteroatoms. The van der Waals surface area contributed by atoms with E-state index >= 15 is 0 Å². The maximum atomic E-state index is 12.7. The predicted molar refractivity (Wildman–Crippen MR) is 77.8 cm³/mol. The Morgan fingerprint density at radius 3 is 2.67 bits per heavy atom. The third kappa shape index (κ3) is 2.42. The van der Waals surface area contributed by atoms with E-state index in [1.807, 2.05) is 31.2 Å². The second kappa shape index (κ2) is 5.48. The van der Waals surface area contributed by atoms with Crippen LogP contribution in [-0.2, 0) is 16.0 Å². The zero-order chi connectivity index (χ0) is 15.0. The van der Waals surface area contributed by atoms with Crippen molar-refractivity contribution in [1.82, 2.24) is 10.2 Å². The Morgan fingerprint density at radius 1 is 1.33 bits per heavy atom. The van der Waals surface area contributed by atoms with Crippen LogP contribution >= 0.6 is 0 Å². The molecular formula is C16H20N2O3. The molecular weight excluding hydrogens is 268 g/mol. The molecule has 1 amide bonds. The molecule has 2 atom stereocenters. The third-order valence-electron chi connectivity index (χ3n) is 4.71. The molecule has 112 valence electrons. The van der Waals surface area contributed by atoms with Crippen molar-refractivity contribution in [2.24, 2.45) is 11.8 Å². The van der Waals surface area contributed by atoms with Crippen molar-refractivity contribution in [2.75, 3.05) is 19.6 Å². The van der Waals surface area contributed by atoms with Crippen molar-refractivity contribution >= 4 is 11.9 Å². The topological polar surface area (TPSA) is 69.6 Å². The van der Waals surface area contributed by atoms with Crippen LogP contribution in [0.5, 0.6) is 0 Å². The molecule has 3 rings (SSSR count). The minimum atomic E-state index is -0.950. The van der Waals surface area contributed by atoms with E-state index in [0.29, 0.717) is 12.5 Å². The number of carboxylic acid groups (broad SMARTS) is 1. The van der Waals surface area contributed by atoms with Gasteiger partial charge in [0.15, 0.2) is 6.04 Å². The lowest BCUT2D eigenvalue weighted by molar-refractivity contribution is -0.154. The van der Waals surface area contributed by atoms with E-state index in [1.165, 1.54) is 0 Å². The van der Waals surface area contributed by atoms with Crippen molar-refractivity contribution in [1.29, 1.82) is 0 Å². The highest BCUT2D eigenvalue weighted by molar-refractivity contribution is 5.87. The van der Waals surface area contributed by atoms with Crippen LogP contribution in [0.15, 0.2) is 24.3 Å². The summed E-state index contributed by atoms with van der Waals surface area (Å²) in [7, 11) is 0. The fraction of sp³-hybridized carbons (Fsp3) is 0.500. The summed E-state index contributed by atoms with van der Waals surface area (Å²) in [6.45, 7) is 4.08. The lowest BCUT2D eigenvalue weighted by Crippen LogP contribution is -2.52. The highest BCUT2D eigenvalue weighted by Gasteiger charge is 2.39. The first-order valence-corrected chi connectivity index (χ1v) is 7.41. The number of rotatable bonds is 3. The van der Waals surface area contributed by atoms with Crippen LogP contribution in [0.4, 0.5) is 0 Å². The molecule has 2 unspecified atom stereocenters. The number of nitrogens with zero attached hydrogens (tertiary/aromatic N) is 1. The summed E-state index contributed by atoms with van der Waals surface area (Å²) in [5.74, 6) is -0.791. The lowest BCUT2D eigenvalue weighted by Gasteiger charge is -2.39. The van der Waals surface area contributed by atoms with E-state index in [2.05, 4.69) is 5.32 Å². The van der Waals surface area contributed by atoms with Crippen LogP contribution in [0, 0.1) is 11.8 Å². The van der Waals surface area contributed by atoms with Gasteiger partial charge in [-0.05, 0) is 36.6 Å². The zero-order valence-corrected chi connectivity index (χ0v) is 12.1. The van der Waals surface area contributed by atoms with Gasteiger partial charge in [-0.25, -0.2) is 4.79 Å². The van der Waals surface area contributed by atoms with Gasteiger partial charge in [0.05, 0.1) is 0 Å². The summed E-state index contributed by atoms with van der Waals surface area (Å²) in [5.41, 5.74) is 1.79. The summed E-state index contributed by atoms with van der Waals surface area (Å²) >= 11 is 0. The molecule has 2 aliphatic heterocycles. The molecule has 0 bridgehead atoms. The summed E-state index contributed by atoms with van der Waals surface area (Å²) in [4.78, 5) is 25.9. The average molecular weight is 288 g/mol. The highest BCUT2D eigenvalue weighted by atomic mass is 16.4. The van der Waals surface area contributed by atoms with Gasteiger partial charge >= 0.3 is 5.97 Å². The average Bonchev–Trinajstić information content (AvgIpc) is 2.43. The molecule has 0 radical (unpaired) electrons. The monoisotopic (exact) mass is 288 g/mol. The molecule has 0 saturated carbocycles. The standard InChI is InChI=1S/C16H20N2O3/c1-10(12-8-17-9-12)15(19)18-7-6-11-4-2-3-5-13(11)14(18)16(20)21/h2-5,10,12,14,17H,6-9H2,1H3,(H,20,21). The number of carbonyl (C=O) groups excluding carboxylic acids is 1. The minimum absolute atomic E-state index is 0.0385. The quantitative estimate of drug-likeness (QED) is 0.872. The van der Waals surface area contributed by atoms with Crippen LogP contribution < -0.4 is 5.32 Å². The van der Waals surface area contributed by atoms with Crippen molar-refractivity contribution in [3.63, 3.8) is 0 Å². The summed E-state index contributed by atoms with van der Waals surface area (Å²) < 4.78 is 0. The first-order chi connectivity index (χ1) is 10.1. The smallest absolute Gasteiger partial charge is 0.331 e. The molecule has 0 spiro atoms. The maximum absolute atomic E-state index is 12.7. The van der Waals surface area contributed by atoms with E-state index in [1.54, 1.807) is 4.90 Å². The van der Waals surface area contributed by atoms with E-state index in [4.69, 9.17) is 0 Å². The fourth-order valence-corrected chi connectivity index (χ4v) is 3.20. The van der Waals surface area contributed by atoms with Crippen LogP contribution in [-0.4, -0.2) is 41.5 Å². The Hall–Kier alpha value is -1.88.